The number of amides is 1. The normalized spacial score (nSPS) is 16.3. The van der Waals surface area contributed by atoms with E-state index in [2.05, 4.69) is 25.0 Å². The molecule has 1 amide bonds. The van der Waals surface area contributed by atoms with Crippen molar-refractivity contribution in [1.29, 1.82) is 0 Å². The first kappa shape index (κ1) is 28.4. The first-order valence-electron chi connectivity index (χ1n) is 13.9. The summed E-state index contributed by atoms with van der Waals surface area (Å²) in [6, 6.07) is 18.6. The van der Waals surface area contributed by atoms with Crippen molar-refractivity contribution in [2.45, 2.75) is 46.1 Å². The number of ether oxygens (including phenoxy) is 1. The minimum Gasteiger partial charge on any atom is -0.493 e. The fraction of sp³-hybridized carbons (Fsp3) is 0.303. The Balaban J connectivity index is 1.32. The third-order valence-electron chi connectivity index (χ3n) is 7.93. The number of carbonyl (C=O) groups excluding carboxylic acids is 1. The van der Waals surface area contributed by atoms with E-state index in [-0.39, 0.29) is 23.3 Å². The number of hydrogen-bond donors (Lipinski definition) is 1. The monoisotopic (exact) mass is 571 g/mol. The van der Waals surface area contributed by atoms with Gasteiger partial charge in [-0.2, -0.15) is 5.10 Å². The summed E-state index contributed by atoms with van der Waals surface area (Å²) in [5.74, 6) is 0.426. The summed E-state index contributed by atoms with van der Waals surface area (Å²) in [6.45, 7) is 7.90. The minimum absolute atomic E-state index is 0.0857. The minimum atomic E-state index is -0.949. The van der Waals surface area contributed by atoms with E-state index in [0.29, 0.717) is 37.6 Å². The topological polar surface area (TPSA) is 84.7 Å². The molecule has 0 saturated heterocycles. The van der Waals surface area contributed by atoms with Gasteiger partial charge in [-0.25, -0.2) is 4.79 Å². The van der Waals surface area contributed by atoms with Gasteiger partial charge in [-0.3, -0.25) is 9.48 Å². The van der Waals surface area contributed by atoms with Gasteiger partial charge in [-0.05, 0) is 72.2 Å². The molecule has 0 saturated carbocycles. The number of benzene rings is 3. The molecule has 1 N–H and O–H groups in total. The highest BCUT2D eigenvalue weighted by Gasteiger charge is 2.33. The standard InChI is InChI=1S/C33H34ClN3O4/c1-21-18-37(31(38)14-7-15-41-30-13-6-11-28(34)23(30)3)29-12-5-10-27(32(29)22(21)2)26-17-35-36(20-26)19-24-8-4-9-25(16-24)33(39)40/h4-6,8-13,16-17,20-22H,7,14-15,18-19H2,1-3H3,(H,39,40)/t21-,22-/m0/s1. The van der Waals surface area contributed by atoms with Gasteiger partial charge in [0.2, 0.25) is 5.91 Å². The Morgan fingerprint density at radius 3 is 2.68 bits per heavy atom. The number of fused-ring (bicyclic) bond motifs is 1. The largest absolute Gasteiger partial charge is 0.493 e. The van der Waals surface area contributed by atoms with Crippen LogP contribution in [0.2, 0.25) is 5.02 Å². The highest BCUT2D eigenvalue weighted by molar-refractivity contribution is 6.31. The fourth-order valence-corrected chi connectivity index (χ4v) is 5.61. The van der Waals surface area contributed by atoms with Crippen LogP contribution < -0.4 is 9.64 Å². The second-order valence-corrected chi connectivity index (χ2v) is 11.2. The first-order valence-corrected chi connectivity index (χ1v) is 14.3. The molecule has 2 heterocycles. The number of nitrogens with zero attached hydrogens (tertiary/aromatic N) is 3. The quantitative estimate of drug-likeness (QED) is 0.215. The fourth-order valence-electron chi connectivity index (χ4n) is 5.45. The van der Waals surface area contributed by atoms with Gasteiger partial charge < -0.3 is 14.7 Å². The van der Waals surface area contributed by atoms with Crippen molar-refractivity contribution >= 4 is 29.2 Å². The third-order valence-corrected chi connectivity index (χ3v) is 8.34. The van der Waals surface area contributed by atoms with Gasteiger partial charge in [0, 0.05) is 41.0 Å². The lowest BCUT2D eigenvalue weighted by Crippen LogP contribution is -2.40. The molecule has 0 radical (unpaired) electrons. The lowest BCUT2D eigenvalue weighted by atomic mass is 9.80. The maximum absolute atomic E-state index is 13.5. The molecule has 1 aromatic heterocycles. The molecule has 3 aromatic carbocycles. The Labute approximate surface area is 245 Å². The van der Waals surface area contributed by atoms with Crippen LogP contribution in [-0.2, 0) is 11.3 Å². The van der Waals surface area contributed by atoms with Crippen molar-refractivity contribution in [3.8, 4) is 16.9 Å². The van der Waals surface area contributed by atoms with E-state index < -0.39 is 5.97 Å². The summed E-state index contributed by atoms with van der Waals surface area (Å²) in [7, 11) is 0. The number of halogens is 1. The lowest BCUT2D eigenvalue weighted by molar-refractivity contribution is -0.119. The number of carboxylic acid groups (broad SMARTS) is 1. The van der Waals surface area contributed by atoms with Crippen LogP contribution in [0.4, 0.5) is 5.69 Å². The molecule has 4 aromatic rings. The Bertz CT molecular complexity index is 1580. The van der Waals surface area contributed by atoms with Crippen LogP contribution in [0.3, 0.4) is 0 Å². The van der Waals surface area contributed by atoms with Crippen molar-refractivity contribution in [1.82, 2.24) is 9.78 Å². The number of aromatic nitrogens is 2. The number of aromatic carboxylic acids is 1. The SMILES string of the molecule is Cc1c(Cl)cccc1OCCCC(=O)N1C[C@H](C)[C@H](C)c2c(-c3cnn(Cc4cccc(C(=O)O)c4)c3)cccc21. The summed E-state index contributed by atoms with van der Waals surface area (Å²) in [6.07, 6.45) is 4.81. The molecule has 0 spiro atoms. The van der Waals surface area contributed by atoms with Gasteiger partial charge in [-0.1, -0.05) is 55.8 Å². The van der Waals surface area contributed by atoms with Crippen molar-refractivity contribution in [3.63, 3.8) is 0 Å². The first-order chi connectivity index (χ1) is 19.7. The third kappa shape index (κ3) is 6.15. The Kier molecular flexibility index (Phi) is 8.45. The van der Waals surface area contributed by atoms with Crippen molar-refractivity contribution in [2.75, 3.05) is 18.1 Å². The van der Waals surface area contributed by atoms with Crippen LogP contribution in [0, 0.1) is 12.8 Å². The molecule has 0 aliphatic carbocycles. The van der Waals surface area contributed by atoms with Gasteiger partial charge in [0.25, 0.3) is 0 Å². The molecule has 1 aliphatic rings. The van der Waals surface area contributed by atoms with Crippen LogP contribution >= 0.6 is 11.6 Å². The van der Waals surface area contributed by atoms with Crippen LogP contribution in [0.5, 0.6) is 5.75 Å². The van der Waals surface area contributed by atoms with Crippen molar-refractivity contribution in [3.05, 3.63) is 100 Å². The molecular weight excluding hydrogens is 538 g/mol. The van der Waals surface area contributed by atoms with Crippen LogP contribution in [-0.4, -0.2) is 39.9 Å². The molecule has 7 nitrogen and oxygen atoms in total. The predicted molar refractivity (Wildman–Crippen MR) is 161 cm³/mol. The van der Waals surface area contributed by atoms with Gasteiger partial charge in [0.15, 0.2) is 0 Å². The van der Waals surface area contributed by atoms with Gasteiger partial charge in [0.1, 0.15) is 5.75 Å². The average molecular weight is 572 g/mol. The Hall–Kier alpha value is -4.10. The Morgan fingerprint density at radius 2 is 1.88 bits per heavy atom. The maximum atomic E-state index is 13.5. The summed E-state index contributed by atoms with van der Waals surface area (Å²) in [5.41, 5.74) is 6.15. The van der Waals surface area contributed by atoms with Gasteiger partial charge in [0.05, 0.1) is 24.9 Å². The molecule has 2 atom stereocenters. The summed E-state index contributed by atoms with van der Waals surface area (Å²) in [4.78, 5) is 26.8. The molecule has 41 heavy (non-hydrogen) atoms. The zero-order valence-corrected chi connectivity index (χ0v) is 24.3. The number of rotatable bonds is 9. The zero-order chi connectivity index (χ0) is 29.1. The number of hydrogen-bond acceptors (Lipinski definition) is 4. The van der Waals surface area contributed by atoms with Gasteiger partial charge in [-0.15, -0.1) is 0 Å². The second-order valence-electron chi connectivity index (χ2n) is 10.8. The molecule has 1 aliphatic heterocycles. The molecule has 212 valence electrons. The van der Waals surface area contributed by atoms with E-state index >= 15 is 0 Å². The molecule has 0 bridgehead atoms. The van der Waals surface area contributed by atoms with E-state index in [9.17, 15) is 14.7 Å². The van der Waals surface area contributed by atoms with E-state index in [1.807, 2.05) is 65.3 Å². The molecule has 8 heteroatoms. The second kappa shape index (κ2) is 12.2. The predicted octanol–water partition coefficient (Wildman–Crippen LogP) is 7.20. The molecule has 5 rings (SSSR count). The van der Waals surface area contributed by atoms with E-state index in [4.69, 9.17) is 16.3 Å². The van der Waals surface area contributed by atoms with E-state index in [0.717, 1.165) is 39.3 Å². The highest BCUT2D eigenvalue weighted by atomic mass is 35.5. The van der Waals surface area contributed by atoms with Crippen molar-refractivity contribution in [2.24, 2.45) is 5.92 Å². The number of carboxylic acids is 1. The van der Waals surface area contributed by atoms with Gasteiger partial charge >= 0.3 is 5.97 Å². The van der Waals surface area contributed by atoms with Crippen LogP contribution in [0.15, 0.2) is 73.1 Å². The average Bonchev–Trinajstić information content (AvgIpc) is 3.43. The van der Waals surface area contributed by atoms with Crippen molar-refractivity contribution < 1.29 is 19.4 Å². The lowest BCUT2D eigenvalue weighted by Gasteiger charge is -2.38. The van der Waals surface area contributed by atoms with Crippen LogP contribution in [0.1, 0.15) is 59.7 Å². The summed E-state index contributed by atoms with van der Waals surface area (Å²) < 4.78 is 7.73. The summed E-state index contributed by atoms with van der Waals surface area (Å²) >= 11 is 6.20. The highest BCUT2D eigenvalue weighted by Crippen LogP contribution is 2.44. The zero-order valence-electron chi connectivity index (χ0n) is 23.5. The smallest absolute Gasteiger partial charge is 0.335 e. The van der Waals surface area contributed by atoms with E-state index in [1.54, 1.807) is 18.2 Å². The number of anilines is 1. The Morgan fingerprint density at radius 1 is 1.10 bits per heavy atom. The maximum Gasteiger partial charge on any atom is 0.335 e. The van der Waals surface area contributed by atoms with Crippen LogP contribution in [0.25, 0.3) is 11.1 Å². The van der Waals surface area contributed by atoms with E-state index in [1.165, 1.54) is 0 Å². The molecule has 0 fully saturated rings. The summed E-state index contributed by atoms with van der Waals surface area (Å²) in [5, 5.41) is 14.5. The number of carbonyl (C=O) groups is 2. The molecule has 0 unspecified atom stereocenters. The molecular formula is C33H34ClN3O4.